The second-order valence-electron chi connectivity index (χ2n) is 12.5. The molecule has 0 saturated carbocycles. The number of nitrogens with zero attached hydrogens (tertiary/aromatic N) is 2. The summed E-state index contributed by atoms with van der Waals surface area (Å²) in [5.74, 6) is 0. The van der Waals surface area contributed by atoms with E-state index < -0.39 is 0 Å². The summed E-state index contributed by atoms with van der Waals surface area (Å²) >= 11 is 0. The maximum absolute atomic E-state index is 2.49. The van der Waals surface area contributed by atoms with Gasteiger partial charge < -0.3 is 9.47 Å². The summed E-state index contributed by atoms with van der Waals surface area (Å²) in [5, 5.41) is 2.42. The van der Waals surface area contributed by atoms with Crippen LogP contribution in [0.25, 0.3) is 60.9 Å². The van der Waals surface area contributed by atoms with Gasteiger partial charge in [-0.15, -0.1) is 0 Å². The third-order valence-electron chi connectivity index (χ3n) is 9.59. The van der Waals surface area contributed by atoms with Crippen LogP contribution in [0.1, 0.15) is 0 Å². The van der Waals surface area contributed by atoms with E-state index in [2.05, 4.69) is 216 Å². The quantitative estimate of drug-likeness (QED) is 0.169. The molecule has 9 rings (SSSR count). The van der Waals surface area contributed by atoms with E-state index in [0.717, 1.165) is 22.7 Å². The van der Waals surface area contributed by atoms with E-state index in [4.69, 9.17) is 0 Å². The summed E-state index contributed by atoms with van der Waals surface area (Å²) in [6, 6.07) is 74.1. The van der Waals surface area contributed by atoms with Crippen LogP contribution in [0.3, 0.4) is 0 Å². The molecule has 0 aliphatic carbocycles. The van der Waals surface area contributed by atoms with E-state index in [1.807, 2.05) is 0 Å². The largest absolute Gasteiger partial charge is 0.309 e. The molecule has 0 bridgehead atoms. The molecule has 0 amide bonds. The van der Waals surface area contributed by atoms with Crippen LogP contribution >= 0.6 is 0 Å². The Labute approximate surface area is 292 Å². The van der Waals surface area contributed by atoms with Crippen LogP contribution in [0.2, 0.25) is 0 Å². The zero-order valence-electron chi connectivity index (χ0n) is 27.5. The van der Waals surface area contributed by atoms with Crippen molar-refractivity contribution in [1.82, 2.24) is 4.57 Å². The van der Waals surface area contributed by atoms with E-state index in [-0.39, 0.29) is 0 Å². The average Bonchev–Trinajstić information content (AvgIpc) is 3.55. The van der Waals surface area contributed by atoms with Gasteiger partial charge in [-0.2, -0.15) is 0 Å². The third-order valence-corrected chi connectivity index (χ3v) is 9.59. The predicted octanol–water partition coefficient (Wildman–Crippen LogP) is 13.3. The molecular formula is C48H34N2. The molecule has 1 aromatic heterocycles. The van der Waals surface area contributed by atoms with Crippen LogP contribution in [-0.4, -0.2) is 4.57 Å². The molecular weight excluding hydrogens is 605 g/mol. The lowest BCUT2D eigenvalue weighted by molar-refractivity contribution is 1.18. The minimum absolute atomic E-state index is 1.09. The van der Waals surface area contributed by atoms with Crippen molar-refractivity contribution in [2.24, 2.45) is 0 Å². The first-order chi connectivity index (χ1) is 24.8. The maximum atomic E-state index is 2.49. The van der Waals surface area contributed by atoms with Crippen molar-refractivity contribution in [3.8, 4) is 39.1 Å². The molecule has 0 fully saturated rings. The Morgan fingerprint density at radius 3 is 1.44 bits per heavy atom. The van der Waals surface area contributed by atoms with Gasteiger partial charge in [0, 0.05) is 33.3 Å². The smallest absolute Gasteiger partial charge is 0.0618 e. The van der Waals surface area contributed by atoms with Crippen molar-refractivity contribution in [3.63, 3.8) is 0 Å². The highest BCUT2D eigenvalue weighted by atomic mass is 15.2. The molecule has 0 N–H and O–H groups in total. The topological polar surface area (TPSA) is 8.17 Å². The van der Waals surface area contributed by atoms with E-state index in [0.29, 0.717) is 0 Å². The maximum Gasteiger partial charge on any atom is 0.0618 e. The minimum Gasteiger partial charge on any atom is -0.309 e. The van der Waals surface area contributed by atoms with E-state index >= 15 is 0 Å². The van der Waals surface area contributed by atoms with E-state index in [9.17, 15) is 0 Å². The van der Waals surface area contributed by atoms with Crippen LogP contribution in [0, 0.1) is 0 Å². The zero-order valence-corrected chi connectivity index (χ0v) is 27.5. The molecule has 236 valence electrons. The summed E-state index contributed by atoms with van der Waals surface area (Å²) in [4.78, 5) is 2.49. The first-order valence-electron chi connectivity index (χ1n) is 17.1. The van der Waals surface area contributed by atoms with E-state index in [1.165, 1.54) is 55.2 Å². The fourth-order valence-electron chi connectivity index (χ4n) is 7.35. The Hall–Kier alpha value is -6.64. The molecule has 2 heteroatoms. The van der Waals surface area contributed by atoms with Gasteiger partial charge in [0.15, 0.2) is 0 Å². The average molecular weight is 639 g/mol. The fourth-order valence-corrected chi connectivity index (χ4v) is 7.35. The van der Waals surface area contributed by atoms with Crippen LogP contribution < -0.4 is 4.90 Å². The first-order valence-corrected chi connectivity index (χ1v) is 17.1. The lowest BCUT2D eigenvalue weighted by Crippen LogP contribution is -2.13. The summed E-state index contributed by atoms with van der Waals surface area (Å²) in [7, 11) is 0. The number of hydrogen-bond donors (Lipinski definition) is 0. The monoisotopic (exact) mass is 638 g/mol. The molecule has 2 nitrogen and oxygen atoms in total. The third kappa shape index (κ3) is 5.15. The van der Waals surface area contributed by atoms with Gasteiger partial charge in [0.2, 0.25) is 0 Å². The molecule has 0 aliphatic rings. The number of benzene rings is 8. The Morgan fingerprint density at radius 1 is 0.340 bits per heavy atom. The second-order valence-corrected chi connectivity index (χ2v) is 12.5. The molecule has 0 atom stereocenters. The molecule has 0 aliphatic heterocycles. The number of fused-ring (bicyclic) bond motifs is 3. The Kier molecular flexibility index (Phi) is 7.53. The predicted molar refractivity (Wildman–Crippen MR) is 212 cm³/mol. The van der Waals surface area contributed by atoms with E-state index in [1.54, 1.807) is 0 Å². The number of rotatable bonds is 7. The molecule has 8 aromatic carbocycles. The van der Waals surface area contributed by atoms with Gasteiger partial charge >= 0.3 is 0 Å². The van der Waals surface area contributed by atoms with Gasteiger partial charge in [0.05, 0.1) is 22.4 Å². The number of para-hydroxylation sites is 3. The molecule has 0 unspecified atom stereocenters. The highest BCUT2D eigenvalue weighted by Gasteiger charge is 2.25. The summed E-state index contributed by atoms with van der Waals surface area (Å²) < 4.78 is 2.39. The molecule has 0 saturated heterocycles. The van der Waals surface area contributed by atoms with Crippen molar-refractivity contribution in [3.05, 3.63) is 206 Å². The number of anilines is 3. The van der Waals surface area contributed by atoms with Crippen LogP contribution in [0.4, 0.5) is 17.1 Å². The van der Waals surface area contributed by atoms with Gasteiger partial charge in [0.25, 0.3) is 0 Å². The Morgan fingerprint density at radius 2 is 0.820 bits per heavy atom. The lowest BCUT2D eigenvalue weighted by Gasteiger charge is -2.31. The lowest BCUT2D eigenvalue weighted by atomic mass is 9.93. The van der Waals surface area contributed by atoms with Gasteiger partial charge in [-0.05, 0) is 64.7 Å². The molecule has 9 aromatic rings. The van der Waals surface area contributed by atoms with Crippen LogP contribution in [0.5, 0.6) is 0 Å². The van der Waals surface area contributed by atoms with Crippen molar-refractivity contribution in [1.29, 1.82) is 0 Å². The molecule has 0 spiro atoms. The standard InChI is InChI=1S/C48H34N2/c1-5-17-35(18-6-1)36-31-33-40(34-32-36)50(48-41(37-19-7-2-8-20-37)26-15-27-42(48)38-21-9-3-10-22-38)46-30-16-29-45-47(46)43-25-13-14-28-44(43)49(45)39-23-11-4-12-24-39/h1-34H. The van der Waals surface area contributed by atoms with Gasteiger partial charge in [-0.1, -0.05) is 164 Å². The normalized spacial score (nSPS) is 11.2. The molecule has 0 radical (unpaired) electrons. The molecule has 50 heavy (non-hydrogen) atoms. The van der Waals surface area contributed by atoms with Crippen molar-refractivity contribution in [2.45, 2.75) is 0 Å². The Balaban J connectivity index is 1.39. The first kappa shape index (κ1) is 29.5. The summed E-state index contributed by atoms with van der Waals surface area (Å²) in [5.41, 5.74) is 13.9. The van der Waals surface area contributed by atoms with Crippen molar-refractivity contribution < 1.29 is 0 Å². The fraction of sp³-hybridized carbons (Fsp3) is 0. The SMILES string of the molecule is c1ccc(-c2ccc(N(c3c(-c4ccccc4)cccc3-c3ccccc3)c3cccc4c3c3ccccc3n4-c3ccccc3)cc2)cc1. The van der Waals surface area contributed by atoms with Crippen molar-refractivity contribution >= 4 is 38.9 Å². The van der Waals surface area contributed by atoms with Crippen LogP contribution in [-0.2, 0) is 0 Å². The second kappa shape index (κ2) is 12.8. The van der Waals surface area contributed by atoms with Crippen molar-refractivity contribution in [2.75, 3.05) is 4.90 Å². The zero-order chi connectivity index (χ0) is 33.3. The highest BCUT2D eigenvalue weighted by Crippen LogP contribution is 2.50. The minimum atomic E-state index is 1.09. The molecule has 1 heterocycles. The highest BCUT2D eigenvalue weighted by molar-refractivity contribution is 6.17. The van der Waals surface area contributed by atoms with Gasteiger partial charge in [-0.3, -0.25) is 0 Å². The summed E-state index contributed by atoms with van der Waals surface area (Å²) in [6.45, 7) is 0. The van der Waals surface area contributed by atoms with Gasteiger partial charge in [0.1, 0.15) is 0 Å². The van der Waals surface area contributed by atoms with Crippen LogP contribution in [0.15, 0.2) is 206 Å². The number of hydrogen-bond acceptors (Lipinski definition) is 1. The van der Waals surface area contributed by atoms with Gasteiger partial charge in [-0.25, -0.2) is 0 Å². The summed E-state index contributed by atoms with van der Waals surface area (Å²) in [6.07, 6.45) is 0. The number of aromatic nitrogens is 1. The Bertz CT molecular complexity index is 2500.